The van der Waals surface area contributed by atoms with Gasteiger partial charge in [-0.3, -0.25) is 0 Å². The summed E-state index contributed by atoms with van der Waals surface area (Å²) in [6.45, 7) is 3.29. The van der Waals surface area contributed by atoms with Crippen molar-refractivity contribution in [2.24, 2.45) is 5.92 Å². The van der Waals surface area contributed by atoms with Gasteiger partial charge < -0.3 is 5.32 Å². The normalized spacial score (nSPS) is 24.6. The second-order valence-electron chi connectivity index (χ2n) is 2.92. The lowest BCUT2D eigenvalue weighted by Crippen LogP contribution is -2.13. The number of allylic oxidation sites excluding steroid dienone is 3. The van der Waals surface area contributed by atoms with Crippen molar-refractivity contribution in [1.29, 1.82) is 0 Å². The lowest BCUT2D eigenvalue weighted by atomic mass is 9.96. The van der Waals surface area contributed by atoms with Gasteiger partial charge in [0.05, 0.1) is 0 Å². The Hall–Kier alpha value is -0.560. The van der Waals surface area contributed by atoms with Crippen molar-refractivity contribution in [3.05, 3.63) is 23.8 Å². The number of hydrogen-bond acceptors (Lipinski definition) is 1. The van der Waals surface area contributed by atoms with Gasteiger partial charge in [-0.15, -0.1) is 0 Å². The first kappa shape index (κ1) is 7.55. The molecule has 0 amide bonds. The molecule has 0 spiro atoms. The molecule has 1 atom stereocenters. The lowest BCUT2D eigenvalue weighted by Gasteiger charge is -2.13. The van der Waals surface area contributed by atoms with Gasteiger partial charge in [0.25, 0.3) is 0 Å². The Morgan fingerprint density at radius 3 is 3.10 bits per heavy atom. The van der Waals surface area contributed by atoms with E-state index in [0.717, 1.165) is 12.5 Å². The lowest BCUT2D eigenvalue weighted by molar-refractivity contribution is 0.678. The highest BCUT2D eigenvalue weighted by atomic mass is 14.8. The fourth-order valence-corrected chi connectivity index (χ4v) is 1.29. The molecule has 0 saturated heterocycles. The molecule has 1 aliphatic rings. The van der Waals surface area contributed by atoms with Crippen molar-refractivity contribution in [2.45, 2.75) is 13.3 Å². The maximum atomic E-state index is 3.16. The summed E-state index contributed by atoms with van der Waals surface area (Å²) in [7, 11) is 1.99. The van der Waals surface area contributed by atoms with Crippen LogP contribution in [0.3, 0.4) is 0 Å². The van der Waals surface area contributed by atoms with Crippen LogP contribution in [0.4, 0.5) is 0 Å². The highest BCUT2D eigenvalue weighted by Gasteiger charge is 2.04. The van der Waals surface area contributed by atoms with E-state index >= 15 is 0 Å². The molecule has 1 heteroatoms. The number of nitrogens with one attached hydrogen (secondary N) is 1. The SMILES string of the molecule is CNCC1=CC=CC(C)C1. The first-order valence-electron chi connectivity index (χ1n) is 3.83. The van der Waals surface area contributed by atoms with E-state index in [1.807, 2.05) is 7.05 Å². The molecule has 0 aliphatic heterocycles. The predicted molar refractivity (Wildman–Crippen MR) is 44.9 cm³/mol. The first-order chi connectivity index (χ1) is 4.83. The number of hydrogen-bond donors (Lipinski definition) is 1. The average molecular weight is 137 g/mol. The molecule has 0 saturated carbocycles. The van der Waals surface area contributed by atoms with E-state index in [9.17, 15) is 0 Å². The second kappa shape index (κ2) is 3.57. The summed E-state index contributed by atoms with van der Waals surface area (Å²) < 4.78 is 0. The summed E-state index contributed by atoms with van der Waals surface area (Å²) >= 11 is 0. The average Bonchev–Trinajstić information content (AvgIpc) is 1.88. The third-order valence-electron chi connectivity index (χ3n) is 1.76. The molecule has 0 aromatic rings. The Morgan fingerprint density at radius 1 is 1.70 bits per heavy atom. The molecule has 1 aliphatic carbocycles. The number of rotatable bonds is 2. The fraction of sp³-hybridized carbons (Fsp3) is 0.556. The largest absolute Gasteiger partial charge is 0.316 e. The molecule has 1 rings (SSSR count). The standard InChI is InChI=1S/C9H15N/c1-8-4-3-5-9(6-8)7-10-2/h3-5,8,10H,6-7H2,1-2H3. The van der Waals surface area contributed by atoms with Crippen LogP contribution in [0.2, 0.25) is 0 Å². The van der Waals surface area contributed by atoms with E-state index in [4.69, 9.17) is 0 Å². The molecule has 0 aromatic heterocycles. The van der Waals surface area contributed by atoms with Crippen LogP contribution >= 0.6 is 0 Å². The molecule has 0 heterocycles. The quantitative estimate of drug-likeness (QED) is 0.611. The second-order valence-corrected chi connectivity index (χ2v) is 2.92. The Balaban J connectivity index is 2.45. The third-order valence-corrected chi connectivity index (χ3v) is 1.76. The molecule has 0 bridgehead atoms. The maximum absolute atomic E-state index is 3.16. The van der Waals surface area contributed by atoms with Crippen LogP contribution in [-0.4, -0.2) is 13.6 Å². The van der Waals surface area contributed by atoms with Crippen molar-refractivity contribution in [3.8, 4) is 0 Å². The molecule has 0 radical (unpaired) electrons. The van der Waals surface area contributed by atoms with Crippen molar-refractivity contribution < 1.29 is 0 Å². The van der Waals surface area contributed by atoms with Gasteiger partial charge in [-0.05, 0) is 19.4 Å². The van der Waals surface area contributed by atoms with Gasteiger partial charge in [0.2, 0.25) is 0 Å². The van der Waals surface area contributed by atoms with Crippen LogP contribution in [-0.2, 0) is 0 Å². The van der Waals surface area contributed by atoms with Gasteiger partial charge in [-0.25, -0.2) is 0 Å². The van der Waals surface area contributed by atoms with Crippen LogP contribution in [0.15, 0.2) is 23.8 Å². The highest BCUT2D eigenvalue weighted by molar-refractivity contribution is 5.20. The van der Waals surface area contributed by atoms with Gasteiger partial charge in [0.15, 0.2) is 0 Å². The van der Waals surface area contributed by atoms with E-state index in [2.05, 4.69) is 30.5 Å². The van der Waals surface area contributed by atoms with Gasteiger partial charge in [-0.1, -0.05) is 30.7 Å². The summed E-state index contributed by atoms with van der Waals surface area (Å²) in [5.41, 5.74) is 1.51. The van der Waals surface area contributed by atoms with Gasteiger partial charge >= 0.3 is 0 Å². The van der Waals surface area contributed by atoms with Crippen molar-refractivity contribution in [1.82, 2.24) is 5.32 Å². The molecule has 10 heavy (non-hydrogen) atoms. The Labute approximate surface area is 62.8 Å². The van der Waals surface area contributed by atoms with Crippen molar-refractivity contribution >= 4 is 0 Å². The Kier molecular flexibility index (Phi) is 2.69. The van der Waals surface area contributed by atoms with Crippen LogP contribution in [0, 0.1) is 5.92 Å². The Bertz CT molecular complexity index is 156. The summed E-state index contributed by atoms with van der Waals surface area (Å²) in [5, 5.41) is 3.16. The monoisotopic (exact) mass is 137 g/mol. The molecule has 56 valence electrons. The number of likely N-dealkylation sites (N-methyl/N-ethyl adjacent to an activating group) is 1. The predicted octanol–water partition coefficient (Wildman–Crippen LogP) is 1.73. The van der Waals surface area contributed by atoms with E-state index in [1.165, 1.54) is 12.0 Å². The van der Waals surface area contributed by atoms with Gasteiger partial charge in [0, 0.05) is 6.54 Å². The minimum absolute atomic E-state index is 0.730. The smallest absolute Gasteiger partial charge is 0.0164 e. The van der Waals surface area contributed by atoms with Crippen LogP contribution < -0.4 is 5.32 Å². The highest BCUT2D eigenvalue weighted by Crippen LogP contribution is 2.16. The zero-order valence-corrected chi connectivity index (χ0v) is 6.72. The molecular formula is C9H15N. The van der Waals surface area contributed by atoms with E-state index in [1.54, 1.807) is 0 Å². The third kappa shape index (κ3) is 1.99. The first-order valence-corrected chi connectivity index (χ1v) is 3.83. The summed E-state index contributed by atoms with van der Waals surface area (Å²) in [6.07, 6.45) is 7.83. The molecular weight excluding hydrogens is 122 g/mol. The Morgan fingerprint density at radius 2 is 2.50 bits per heavy atom. The van der Waals surface area contributed by atoms with Crippen molar-refractivity contribution in [2.75, 3.05) is 13.6 Å². The van der Waals surface area contributed by atoms with Crippen molar-refractivity contribution in [3.63, 3.8) is 0 Å². The zero-order valence-electron chi connectivity index (χ0n) is 6.72. The van der Waals surface area contributed by atoms with Crippen LogP contribution in [0.1, 0.15) is 13.3 Å². The fourth-order valence-electron chi connectivity index (χ4n) is 1.29. The zero-order chi connectivity index (χ0) is 7.40. The topological polar surface area (TPSA) is 12.0 Å². The van der Waals surface area contributed by atoms with E-state index in [-0.39, 0.29) is 0 Å². The van der Waals surface area contributed by atoms with Gasteiger partial charge in [-0.2, -0.15) is 0 Å². The molecule has 1 N–H and O–H groups in total. The maximum Gasteiger partial charge on any atom is 0.0164 e. The van der Waals surface area contributed by atoms with E-state index in [0.29, 0.717) is 0 Å². The molecule has 0 aromatic carbocycles. The summed E-state index contributed by atoms with van der Waals surface area (Å²) in [6, 6.07) is 0. The molecule has 0 fully saturated rings. The van der Waals surface area contributed by atoms with Crippen LogP contribution in [0.5, 0.6) is 0 Å². The summed E-state index contributed by atoms with van der Waals surface area (Å²) in [5.74, 6) is 0.730. The minimum Gasteiger partial charge on any atom is -0.316 e. The molecule has 1 unspecified atom stereocenters. The molecule has 1 nitrogen and oxygen atoms in total. The summed E-state index contributed by atoms with van der Waals surface area (Å²) in [4.78, 5) is 0. The van der Waals surface area contributed by atoms with Gasteiger partial charge in [0.1, 0.15) is 0 Å². The minimum atomic E-state index is 0.730. The van der Waals surface area contributed by atoms with E-state index < -0.39 is 0 Å². The van der Waals surface area contributed by atoms with Crippen LogP contribution in [0.25, 0.3) is 0 Å².